The second-order valence-corrected chi connectivity index (χ2v) is 6.23. The number of carbonyl (C=O) groups is 1. The number of nitrogens with one attached hydrogen (secondary N) is 1. The number of furan rings is 1. The molecule has 1 amide bonds. The van der Waals surface area contributed by atoms with Crippen LogP contribution in [-0.2, 0) is 11.3 Å². The number of hydrogen-bond donors (Lipinski definition) is 1. The van der Waals surface area contributed by atoms with Crippen molar-refractivity contribution in [1.82, 2.24) is 10.3 Å². The highest BCUT2D eigenvalue weighted by atomic mass is 16.5. The van der Waals surface area contributed by atoms with Gasteiger partial charge in [-0.2, -0.15) is 0 Å². The lowest BCUT2D eigenvalue weighted by molar-refractivity contribution is -0.116. The number of fused-ring (bicyclic) bond motifs is 1. The number of carbonyl (C=O) groups excluding carboxylic acids is 1. The van der Waals surface area contributed by atoms with E-state index < -0.39 is 0 Å². The van der Waals surface area contributed by atoms with E-state index in [0.717, 1.165) is 39.0 Å². The van der Waals surface area contributed by atoms with Crippen molar-refractivity contribution in [2.24, 2.45) is 0 Å². The summed E-state index contributed by atoms with van der Waals surface area (Å²) < 4.78 is 11.3. The first-order chi connectivity index (χ1) is 12.5. The monoisotopic (exact) mass is 350 g/mol. The van der Waals surface area contributed by atoms with Crippen LogP contribution in [0.2, 0.25) is 0 Å². The largest absolute Gasteiger partial charge is 0.496 e. The normalized spacial score (nSPS) is 11.6. The molecule has 134 valence electrons. The van der Waals surface area contributed by atoms with E-state index in [0.29, 0.717) is 12.3 Å². The molecule has 1 aromatic carbocycles. The summed E-state index contributed by atoms with van der Waals surface area (Å²) in [6.45, 7) is 6.33. The van der Waals surface area contributed by atoms with E-state index in [1.165, 1.54) is 0 Å². The molecule has 0 bridgehead atoms. The molecule has 2 heterocycles. The van der Waals surface area contributed by atoms with E-state index in [2.05, 4.69) is 10.3 Å². The van der Waals surface area contributed by atoms with Gasteiger partial charge in [-0.1, -0.05) is 0 Å². The third kappa shape index (κ3) is 3.61. The van der Waals surface area contributed by atoms with Gasteiger partial charge in [0.1, 0.15) is 17.1 Å². The van der Waals surface area contributed by atoms with Crippen molar-refractivity contribution < 1.29 is 13.9 Å². The zero-order valence-electron chi connectivity index (χ0n) is 15.4. The van der Waals surface area contributed by atoms with E-state index in [-0.39, 0.29) is 5.91 Å². The first-order valence-electron chi connectivity index (χ1n) is 8.42. The van der Waals surface area contributed by atoms with Crippen molar-refractivity contribution >= 4 is 22.4 Å². The smallest absolute Gasteiger partial charge is 0.244 e. The van der Waals surface area contributed by atoms with Crippen molar-refractivity contribution in [1.29, 1.82) is 0 Å². The van der Waals surface area contributed by atoms with Crippen LogP contribution in [0.25, 0.3) is 16.5 Å². The molecule has 3 aromatic rings. The minimum atomic E-state index is -0.151. The molecule has 0 unspecified atom stereocenters. The Morgan fingerprint density at radius 2 is 2.00 bits per heavy atom. The highest BCUT2D eigenvalue weighted by molar-refractivity contribution is 5.97. The third-order valence-electron chi connectivity index (χ3n) is 4.49. The fourth-order valence-corrected chi connectivity index (χ4v) is 2.86. The van der Waals surface area contributed by atoms with Gasteiger partial charge in [-0.25, -0.2) is 0 Å². The number of benzene rings is 1. The standard InChI is InChI=1S/C21H22N2O3/c1-13(9-21(24)23-12-16-5-7-22-8-6-16)17-10-18-14(2)15(3)26-20(18)11-19(17)25-4/h5-11H,12H2,1-4H3,(H,23,24)/b13-9+. The maximum Gasteiger partial charge on any atom is 0.244 e. The number of pyridine rings is 1. The van der Waals surface area contributed by atoms with Crippen molar-refractivity contribution in [3.63, 3.8) is 0 Å². The minimum absolute atomic E-state index is 0.151. The SMILES string of the molecule is COc1cc2oc(C)c(C)c2cc1/C(C)=C/C(=O)NCc1ccncc1. The van der Waals surface area contributed by atoms with Gasteiger partial charge < -0.3 is 14.5 Å². The average Bonchev–Trinajstić information content (AvgIpc) is 2.93. The van der Waals surface area contributed by atoms with Crippen LogP contribution in [0, 0.1) is 13.8 Å². The van der Waals surface area contributed by atoms with Crippen LogP contribution >= 0.6 is 0 Å². The molecular formula is C21H22N2O3. The average molecular weight is 350 g/mol. The van der Waals surface area contributed by atoms with Crippen LogP contribution in [0.5, 0.6) is 5.75 Å². The van der Waals surface area contributed by atoms with Crippen molar-refractivity contribution in [2.45, 2.75) is 27.3 Å². The summed E-state index contributed by atoms with van der Waals surface area (Å²) in [7, 11) is 1.62. The number of aromatic nitrogens is 1. The highest BCUT2D eigenvalue weighted by Gasteiger charge is 2.14. The maximum atomic E-state index is 12.3. The van der Waals surface area contributed by atoms with Gasteiger partial charge in [-0.3, -0.25) is 9.78 Å². The lowest BCUT2D eigenvalue weighted by atomic mass is 10.0. The number of aryl methyl sites for hydroxylation is 2. The third-order valence-corrected chi connectivity index (χ3v) is 4.49. The van der Waals surface area contributed by atoms with Gasteiger partial charge in [0.15, 0.2) is 0 Å². The Labute approximate surface area is 152 Å². The second kappa shape index (κ2) is 7.44. The summed E-state index contributed by atoms with van der Waals surface area (Å²) in [5.74, 6) is 1.42. The molecular weight excluding hydrogens is 328 g/mol. The Morgan fingerprint density at radius 3 is 2.69 bits per heavy atom. The Bertz CT molecular complexity index is 972. The molecule has 0 aliphatic carbocycles. The minimum Gasteiger partial charge on any atom is -0.496 e. The Morgan fingerprint density at radius 1 is 1.27 bits per heavy atom. The summed E-state index contributed by atoms with van der Waals surface area (Å²) >= 11 is 0. The molecule has 5 heteroatoms. The van der Waals surface area contributed by atoms with Crippen LogP contribution < -0.4 is 10.1 Å². The number of amides is 1. The Hall–Kier alpha value is -3.08. The predicted octanol–water partition coefficient (Wildman–Crippen LogP) is 4.17. The van der Waals surface area contributed by atoms with Crippen LogP contribution in [0.3, 0.4) is 0 Å². The molecule has 0 aliphatic rings. The molecule has 0 fully saturated rings. The lowest BCUT2D eigenvalue weighted by Crippen LogP contribution is -2.20. The van der Waals surface area contributed by atoms with Crippen LogP contribution in [0.4, 0.5) is 0 Å². The topological polar surface area (TPSA) is 64.4 Å². The van der Waals surface area contributed by atoms with Gasteiger partial charge in [-0.15, -0.1) is 0 Å². The Balaban J connectivity index is 1.85. The number of methoxy groups -OCH3 is 1. The number of allylic oxidation sites excluding steroid dienone is 1. The quantitative estimate of drug-likeness (QED) is 0.701. The number of hydrogen-bond acceptors (Lipinski definition) is 4. The van der Waals surface area contributed by atoms with Gasteiger partial charge in [0, 0.05) is 42.0 Å². The summed E-state index contributed by atoms with van der Waals surface area (Å²) in [6.07, 6.45) is 5.00. The molecule has 0 aliphatic heterocycles. The van der Waals surface area contributed by atoms with Gasteiger partial charge in [0.05, 0.1) is 7.11 Å². The maximum absolute atomic E-state index is 12.3. The van der Waals surface area contributed by atoms with Crippen molar-refractivity contribution in [3.05, 3.63) is 65.2 Å². The lowest BCUT2D eigenvalue weighted by Gasteiger charge is -2.10. The first kappa shape index (κ1) is 17.7. The van der Waals surface area contributed by atoms with Crippen molar-refractivity contribution in [2.75, 3.05) is 7.11 Å². The van der Waals surface area contributed by atoms with Crippen molar-refractivity contribution in [3.8, 4) is 5.75 Å². The van der Waals surface area contributed by atoms with Crippen LogP contribution in [0.15, 0.2) is 47.2 Å². The number of nitrogens with zero attached hydrogens (tertiary/aromatic N) is 1. The molecule has 0 radical (unpaired) electrons. The number of ether oxygens (including phenoxy) is 1. The fourth-order valence-electron chi connectivity index (χ4n) is 2.86. The predicted molar refractivity (Wildman–Crippen MR) is 102 cm³/mol. The van der Waals surface area contributed by atoms with Gasteiger partial charge in [-0.05, 0) is 55.7 Å². The molecule has 0 spiro atoms. The van der Waals surface area contributed by atoms with Crippen LogP contribution in [0.1, 0.15) is 29.4 Å². The van der Waals surface area contributed by atoms with Gasteiger partial charge >= 0.3 is 0 Å². The molecule has 0 saturated carbocycles. The summed E-state index contributed by atoms with van der Waals surface area (Å²) in [5.41, 5.74) is 4.59. The summed E-state index contributed by atoms with van der Waals surface area (Å²) in [5, 5.41) is 3.92. The van der Waals surface area contributed by atoms with E-state index >= 15 is 0 Å². The zero-order valence-corrected chi connectivity index (χ0v) is 15.4. The summed E-state index contributed by atoms with van der Waals surface area (Å²) in [4.78, 5) is 16.2. The van der Waals surface area contributed by atoms with Gasteiger partial charge in [0.25, 0.3) is 0 Å². The van der Waals surface area contributed by atoms with Gasteiger partial charge in [0.2, 0.25) is 5.91 Å². The number of rotatable bonds is 5. The summed E-state index contributed by atoms with van der Waals surface area (Å²) in [6, 6.07) is 7.63. The molecule has 0 saturated heterocycles. The molecule has 5 nitrogen and oxygen atoms in total. The molecule has 0 atom stereocenters. The van der Waals surface area contributed by atoms with E-state index in [1.54, 1.807) is 25.6 Å². The highest BCUT2D eigenvalue weighted by Crippen LogP contribution is 2.34. The second-order valence-electron chi connectivity index (χ2n) is 6.23. The fraction of sp³-hybridized carbons (Fsp3) is 0.238. The zero-order chi connectivity index (χ0) is 18.7. The molecule has 26 heavy (non-hydrogen) atoms. The molecule has 1 N–H and O–H groups in total. The first-order valence-corrected chi connectivity index (χ1v) is 8.42. The van der Waals surface area contributed by atoms with E-state index in [1.807, 2.05) is 45.0 Å². The molecule has 3 rings (SSSR count). The van der Waals surface area contributed by atoms with E-state index in [9.17, 15) is 4.79 Å². The van der Waals surface area contributed by atoms with Crippen LogP contribution in [-0.4, -0.2) is 18.0 Å². The van der Waals surface area contributed by atoms with E-state index in [4.69, 9.17) is 9.15 Å². The molecule has 2 aromatic heterocycles. The Kier molecular flexibility index (Phi) is 5.07.